The molecule has 1 radical (unpaired) electrons. The number of ether oxygens (including phenoxy) is 2. The Morgan fingerprint density at radius 3 is 2.22 bits per heavy atom. The Hall–Kier alpha value is -2.78. The van der Waals surface area contributed by atoms with Gasteiger partial charge in [0.25, 0.3) is 0 Å². The molecule has 0 heterocycles. The third-order valence-corrected chi connectivity index (χ3v) is 4.49. The summed E-state index contributed by atoms with van der Waals surface area (Å²) in [5.74, 6) is 2.53. The summed E-state index contributed by atoms with van der Waals surface area (Å²) in [4.78, 5) is 2.35. The summed E-state index contributed by atoms with van der Waals surface area (Å²) in [6.07, 6.45) is 0. The predicted octanol–water partition coefficient (Wildman–Crippen LogP) is 5.67. The van der Waals surface area contributed by atoms with Gasteiger partial charge in [0.1, 0.15) is 23.9 Å². The quantitative estimate of drug-likeness (QED) is 0.491. The fourth-order valence-electron chi connectivity index (χ4n) is 2.86. The lowest BCUT2D eigenvalue weighted by Gasteiger charge is -2.18. The van der Waals surface area contributed by atoms with Crippen molar-refractivity contribution in [2.75, 3.05) is 26.2 Å². The van der Waals surface area contributed by atoms with Crippen LogP contribution in [0.15, 0.2) is 72.8 Å². The molecular weight excluding hydrogens is 334 g/mol. The zero-order valence-corrected chi connectivity index (χ0v) is 16.0. The normalized spacial score (nSPS) is 10.8. The molecule has 0 saturated carbocycles. The van der Waals surface area contributed by atoms with Crippen LogP contribution in [0.3, 0.4) is 0 Å². The van der Waals surface area contributed by atoms with Crippen molar-refractivity contribution in [3.63, 3.8) is 0 Å². The molecule has 3 aromatic rings. The van der Waals surface area contributed by atoms with Gasteiger partial charge in [-0.05, 0) is 66.7 Å². The van der Waals surface area contributed by atoms with Crippen LogP contribution >= 0.6 is 0 Å². The lowest BCUT2D eigenvalue weighted by atomic mass is 10.1. The molecule has 0 aliphatic rings. The zero-order chi connectivity index (χ0) is 18.9. The van der Waals surface area contributed by atoms with Crippen LogP contribution in [0.4, 0.5) is 0 Å². The maximum absolute atomic E-state index is 5.92. The molecule has 0 aromatic heterocycles. The van der Waals surface area contributed by atoms with E-state index >= 15 is 0 Å². The van der Waals surface area contributed by atoms with E-state index in [9.17, 15) is 0 Å². The van der Waals surface area contributed by atoms with Crippen LogP contribution in [-0.2, 0) is 0 Å². The highest BCUT2D eigenvalue weighted by Crippen LogP contribution is 2.27. The highest BCUT2D eigenvalue weighted by atomic mass is 16.5. The van der Waals surface area contributed by atoms with Crippen LogP contribution in [0.2, 0.25) is 0 Å². The van der Waals surface area contributed by atoms with Crippen molar-refractivity contribution in [1.82, 2.24) is 4.90 Å². The Labute approximate surface area is 162 Å². The van der Waals surface area contributed by atoms with Gasteiger partial charge >= 0.3 is 0 Å². The van der Waals surface area contributed by atoms with E-state index < -0.39 is 0 Å². The van der Waals surface area contributed by atoms with Gasteiger partial charge in [0.15, 0.2) is 0 Å². The largest absolute Gasteiger partial charge is 0.492 e. The van der Waals surface area contributed by atoms with Crippen LogP contribution in [0.1, 0.15) is 13.8 Å². The molecule has 0 spiro atoms. The molecule has 0 atom stereocenters. The molecule has 27 heavy (non-hydrogen) atoms. The fourth-order valence-corrected chi connectivity index (χ4v) is 2.86. The van der Waals surface area contributed by atoms with Crippen molar-refractivity contribution in [3.8, 4) is 28.4 Å². The van der Waals surface area contributed by atoms with Gasteiger partial charge in [-0.25, -0.2) is 0 Å². The standard InChI is InChI=1S/C24H26NO2/c1-3-25(4-2)17-18-26-24-12-8-9-21(19-24)20-13-15-23(16-14-20)27-22-10-6-5-7-11-22/h5-8,10-16,19H,3-4,17-18H2,1-2H3. The average Bonchev–Trinajstić information content (AvgIpc) is 2.73. The molecular formula is C24H26NO2. The number of hydrogen-bond donors (Lipinski definition) is 0. The smallest absolute Gasteiger partial charge is 0.127 e. The van der Waals surface area contributed by atoms with Gasteiger partial charge in [-0.3, -0.25) is 0 Å². The molecule has 0 amide bonds. The second-order valence-electron chi connectivity index (χ2n) is 6.25. The molecule has 0 aliphatic carbocycles. The summed E-state index contributed by atoms with van der Waals surface area (Å²) >= 11 is 0. The van der Waals surface area contributed by atoms with E-state index in [0.717, 1.165) is 48.0 Å². The summed E-state index contributed by atoms with van der Waals surface area (Å²) in [5.41, 5.74) is 2.10. The first kappa shape index (κ1) is 19.0. The first-order valence-electron chi connectivity index (χ1n) is 9.48. The van der Waals surface area contributed by atoms with E-state index in [2.05, 4.69) is 24.8 Å². The van der Waals surface area contributed by atoms with Crippen molar-refractivity contribution < 1.29 is 9.47 Å². The van der Waals surface area contributed by atoms with Crippen molar-refractivity contribution in [2.24, 2.45) is 0 Å². The molecule has 0 unspecified atom stereocenters. The van der Waals surface area contributed by atoms with Gasteiger partial charge in [-0.1, -0.05) is 50.2 Å². The maximum atomic E-state index is 5.92. The summed E-state index contributed by atoms with van der Waals surface area (Å²) in [7, 11) is 0. The summed E-state index contributed by atoms with van der Waals surface area (Å²) < 4.78 is 11.8. The number of para-hydroxylation sites is 1. The monoisotopic (exact) mass is 360 g/mol. The van der Waals surface area contributed by atoms with E-state index in [1.165, 1.54) is 0 Å². The van der Waals surface area contributed by atoms with Crippen LogP contribution in [-0.4, -0.2) is 31.1 Å². The lowest BCUT2D eigenvalue weighted by molar-refractivity contribution is 0.223. The van der Waals surface area contributed by atoms with E-state index in [0.29, 0.717) is 6.61 Å². The summed E-state index contributed by atoms with van der Waals surface area (Å²) in [5, 5.41) is 0. The Kier molecular flexibility index (Phi) is 6.89. The molecule has 3 nitrogen and oxygen atoms in total. The van der Waals surface area contributed by atoms with E-state index in [1.54, 1.807) is 0 Å². The van der Waals surface area contributed by atoms with Gasteiger partial charge in [0.05, 0.1) is 0 Å². The summed E-state index contributed by atoms with van der Waals surface area (Å²) in [6.45, 7) is 8.06. The maximum Gasteiger partial charge on any atom is 0.127 e. The Balaban J connectivity index is 1.62. The number of benzene rings is 3. The van der Waals surface area contributed by atoms with Crippen LogP contribution in [0, 0.1) is 6.07 Å². The van der Waals surface area contributed by atoms with Crippen LogP contribution in [0.25, 0.3) is 11.1 Å². The van der Waals surface area contributed by atoms with Gasteiger partial charge in [-0.2, -0.15) is 0 Å². The second kappa shape index (κ2) is 9.79. The highest BCUT2D eigenvalue weighted by molar-refractivity contribution is 5.65. The fraction of sp³-hybridized carbons (Fsp3) is 0.250. The first-order valence-corrected chi connectivity index (χ1v) is 9.48. The predicted molar refractivity (Wildman–Crippen MR) is 111 cm³/mol. The third-order valence-electron chi connectivity index (χ3n) is 4.49. The van der Waals surface area contributed by atoms with E-state index in [-0.39, 0.29) is 0 Å². The van der Waals surface area contributed by atoms with E-state index in [4.69, 9.17) is 9.47 Å². The minimum Gasteiger partial charge on any atom is -0.492 e. The molecule has 0 N–H and O–H groups in total. The van der Waals surface area contributed by atoms with Gasteiger partial charge < -0.3 is 14.4 Å². The first-order chi connectivity index (χ1) is 13.3. The zero-order valence-electron chi connectivity index (χ0n) is 16.0. The molecule has 0 saturated heterocycles. The number of rotatable bonds is 9. The van der Waals surface area contributed by atoms with Gasteiger partial charge in [0, 0.05) is 6.54 Å². The minimum absolute atomic E-state index is 0.689. The third kappa shape index (κ3) is 5.60. The number of likely N-dealkylation sites (N-methyl/N-ethyl adjacent to an activating group) is 1. The Morgan fingerprint density at radius 1 is 0.815 bits per heavy atom. The molecule has 3 rings (SSSR count). The molecule has 0 aliphatic heterocycles. The SMILES string of the molecule is CCN(CC)CCOc1cc[c]c(-c2ccc(Oc3ccccc3)cc2)c1. The van der Waals surface area contributed by atoms with E-state index in [1.807, 2.05) is 72.8 Å². The van der Waals surface area contributed by atoms with Crippen LogP contribution < -0.4 is 9.47 Å². The topological polar surface area (TPSA) is 21.7 Å². The van der Waals surface area contributed by atoms with Gasteiger partial charge in [-0.15, -0.1) is 0 Å². The van der Waals surface area contributed by atoms with Gasteiger partial charge in [0.2, 0.25) is 0 Å². The second-order valence-corrected chi connectivity index (χ2v) is 6.25. The number of hydrogen-bond acceptors (Lipinski definition) is 3. The Bertz CT molecular complexity index is 811. The van der Waals surface area contributed by atoms with Crippen molar-refractivity contribution >= 4 is 0 Å². The lowest BCUT2D eigenvalue weighted by Crippen LogP contribution is -2.27. The molecule has 3 aromatic carbocycles. The van der Waals surface area contributed by atoms with Crippen LogP contribution in [0.5, 0.6) is 17.2 Å². The number of nitrogens with zero attached hydrogens (tertiary/aromatic N) is 1. The molecule has 3 heteroatoms. The highest BCUT2D eigenvalue weighted by Gasteiger charge is 2.04. The van der Waals surface area contributed by atoms with Crippen molar-refractivity contribution in [2.45, 2.75) is 13.8 Å². The minimum atomic E-state index is 0.689. The van der Waals surface area contributed by atoms with Crippen molar-refractivity contribution in [3.05, 3.63) is 78.9 Å². The molecule has 0 bridgehead atoms. The molecule has 0 fully saturated rings. The average molecular weight is 360 g/mol. The van der Waals surface area contributed by atoms with Crippen molar-refractivity contribution in [1.29, 1.82) is 0 Å². The Morgan fingerprint density at radius 2 is 1.52 bits per heavy atom. The summed E-state index contributed by atoms with van der Waals surface area (Å²) in [6, 6.07) is 27.0. The molecule has 139 valence electrons.